The van der Waals surface area contributed by atoms with Crippen LogP contribution in [0.1, 0.15) is 28.2 Å². The van der Waals surface area contributed by atoms with Crippen LogP contribution >= 0.6 is 23.1 Å². The van der Waals surface area contributed by atoms with Gasteiger partial charge in [-0.05, 0) is 41.4 Å². The predicted molar refractivity (Wildman–Crippen MR) is 117 cm³/mol. The number of nitrogens with zero attached hydrogens (tertiary/aromatic N) is 3. The van der Waals surface area contributed by atoms with Crippen LogP contribution in [-0.2, 0) is 11.2 Å². The van der Waals surface area contributed by atoms with Crippen molar-refractivity contribution >= 4 is 50.6 Å². The zero-order valence-corrected chi connectivity index (χ0v) is 16.5. The third kappa shape index (κ3) is 3.59. The summed E-state index contributed by atoms with van der Waals surface area (Å²) in [6.45, 7) is -13.4. The Kier molecular flexibility index (Phi) is 3.10. The molecule has 0 bridgehead atoms. The lowest BCUT2D eigenvalue weighted by Gasteiger charge is -2.36. The Morgan fingerprint density at radius 3 is 2.90 bits per heavy atom. The second-order valence-corrected chi connectivity index (χ2v) is 7.88. The topological polar surface area (TPSA) is 68.7 Å². The summed E-state index contributed by atoms with van der Waals surface area (Å²) in [4.78, 5) is 12.5. The van der Waals surface area contributed by atoms with Crippen molar-refractivity contribution in [2.45, 2.75) is 12.5 Å². The number of amides is 1. The van der Waals surface area contributed by atoms with Crippen LogP contribution in [0.4, 0.5) is 11.5 Å². The van der Waals surface area contributed by atoms with E-state index < -0.39 is 38.6 Å². The molecule has 1 atom stereocenters. The van der Waals surface area contributed by atoms with E-state index in [2.05, 4.69) is 9.69 Å². The summed E-state index contributed by atoms with van der Waals surface area (Å²) in [5.41, 5.74) is 1.09. The van der Waals surface area contributed by atoms with Crippen LogP contribution in [0.15, 0.2) is 36.4 Å². The third-order valence-corrected chi connectivity index (χ3v) is 5.87. The number of hydrogen-bond donors (Lipinski definition) is 2. The fraction of sp³-hybridized carbons (Fsp3) is 0.333. The van der Waals surface area contributed by atoms with Gasteiger partial charge in [0.1, 0.15) is 5.82 Å². The summed E-state index contributed by atoms with van der Waals surface area (Å²) in [6.07, 6.45) is -1.59. The van der Waals surface area contributed by atoms with Gasteiger partial charge in [0.15, 0.2) is 0 Å². The lowest BCUT2D eigenvalue weighted by Crippen LogP contribution is -2.47. The van der Waals surface area contributed by atoms with Crippen molar-refractivity contribution in [3.05, 3.63) is 52.5 Å². The summed E-state index contributed by atoms with van der Waals surface area (Å²) in [6, 6.07) is 9.52. The van der Waals surface area contributed by atoms with E-state index in [9.17, 15) is 9.90 Å². The molecular formula is C21H21ClN4O2S. The van der Waals surface area contributed by atoms with E-state index >= 15 is 0 Å². The average molecular weight is 437 g/mol. The Morgan fingerprint density at radius 2 is 2.07 bits per heavy atom. The van der Waals surface area contributed by atoms with Gasteiger partial charge in [-0.2, -0.15) is 4.37 Å². The molecule has 2 aromatic carbocycles. The van der Waals surface area contributed by atoms with E-state index in [1.165, 1.54) is 12.1 Å². The molecule has 1 unspecified atom stereocenters. The highest BCUT2D eigenvalue weighted by Crippen LogP contribution is 2.34. The first-order valence-corrected chi connectivity index (χ1v) is 9.98. The number of aliphatic hydroxyl groups excluding tert-OH is 1. The third-order valence-electron chi connectivity index (χ3n) is 4.73. The second kappa shape index (κ2) is 7.57. The summed E-state index contributed by atoms with van der Waals surface area (Å²) in [5.74, 6) is -0.486. The van der Waals surface area contributed by atoms with Gasteiger partial charge in [0.25, 0.3) is 0 Å². The highest BCUT2D eigenvalue weighted by molar-refractivity contribution is 7.13. The highest BCUT2D eigenvalue weighted by atomic mass is 35.5. The van der Waals surface area contributed by atoms with E-state index in [0.29, 0.717) is 31.1 Å². The highest BCUT2D eigenvalue weighted by Gasteiger charge is 2.25. The van der Waals surface area contributed by atoms with Crippen molar-refractivity contribution in [1.82, 2.24) is 9.27 Å². The Labute approximate surface area is 189 Å². The van der Waals surface area contributed by atoms with Gasteiger partial charge >= 0.3 is 0 Å². The van der Waals surface area contributed by atoms with Gasteiger partial charge in [0, 0.05) is 59.7 Å². The second-order valence-electron chi connectivity index (χ2n) is 6.67. The number of hydrogen-bond acceptors (Lipinski definition) is 6. The van der Waals surface area contributed by atoms with Gasteiger partial charge in [0.05, 0.1) is 22.7 Å². The number of aliphatic hydroxyl groups is 1. The first-order chi connectivity index (χ1) is 17.1. The molecule has 2 aliphatic rings. The molecule has 0 saturated carbocycles. The number of aromatic nitrogens is 1. The van der Waals surface area contributed by atoms with Crippen LogP contribution in [0.2, 0.25) is 5.02 Å². The summed E-state index contributed by atoms with van der Waals surface area (Å²) >= 11 is 7.25. The summed E-state index contributed by atoms with van der Waals surface area (Å²) < 4.78 is 74.2. The maximum absolute atomic E-state index is 11.7. The monoisotopic (exact) mass is 436 g/mol. The normalized spacial score (nSPS) is 29.2. The maximum atomic E-state index is 11.7. The maximum Gasteiger partial charge on any atom is 0.228 e. The van der Waals surface area contributed by atoms with Crippen molar-refractivity contribution in [2.24, 2.45) is 0 Å². The van der Waals surface area contributed by atoms with Gasteiger partial charge in [-0.25, -0.2) is 0 Å². The minimum absolute atomic E-state index is 0.0353. The summed E-state index contributed by atoms with van der Waals surface area (Å²) in [5, 5.41) is 14.0. The molecule has 1 aromatic heterocycles. The number of carbonyl (C=O) groups is 1. The zero-order chi connectivity index (χ0) is 27.1. The van der Waals surface area contributed by atoms with Crippen LogP contribution in [-0.4, -0.2) is 52.8 Å². The van der Waals surface area contributed by atoms with Gasteiger partial charge in [-0.3, -0.25) is 9.69 Å². The van der Waals surface area contributed by atoms with E-state index in [1.54, 1.807) is 24.3 Å². The largest absolute Gasteiger partial charge is 0.387 e. The summed E-state index contributed by atoms with van der Waals surface area (Å²) in [7, 11) is 0. The molecule has 1 saturated heterocycles. The van der Waals surface area contributed by atoms with Crippen LogP contribution in [0.3, 0.4) is 0 Å². The van der Waals surface area contributed by atoms with Crippen molar-refractivity contribution in [2.75, 3.05) is 42.7 Å². The lowest BCUT2D eigenvalue weighted by atomic mass is 10.0. The number of carbonyl (C=O) groups excluding carboxylic acids is 1. The Hall–Kier alpha value is -2.19. The van der Waals surface area contributed by atoms with Crippen LogP contribution in [0, 0.1) is 0 Å². The molecule has 6 nitrogen and oxygen atoms in total. The number of rotatable bonds is 4. The molecule has 2 aliphatic heterocycles. The molecule has 1 amide bonds. The number of anilines is 2. The van der Waals surface area contributed by atoms with Gasteiger partial charge in [0.2, 0.25) is 5.91 Å². The molecule has 0 aliphatic carbocycles. The van der Waals surface area contributed by atoms with Gasteiger partial charge in [-0.1, -0.05) is 23.7 Å². The first kappa shape index (κ1) is 11.9. The molecule has 8 heteroatoms. The molecule has 150 valence electrons. The fourth-order valence-electron chi connectivity index (χ4n) is 3.30. The van der Waals surface area contributed by atoms with Crippen molar-refractivity contribution in [3.8, 4) is 0 Å². The fourth-order valence-corrected chi connectivity index (χ4v) is 4.35. The van der Waals surface area contributed by atoms with E-state index in [4.69, 9.17) is 22.6 Å². The van der Waals surface area contributed by atoms with Gasteiger partial charge in [-0.15, -0.1) is 0 Å². The smallest absolute Gasteiger partial charge is 0.228 e. The number of nitrogens with one attached hydrogen (secondary N) is 1. The molecule has 3 aromatic rings. The zero-order valence-electron chi connectivity index (χ0n) is 22.9. The number of piperazine rings is 1. The molecule has 0 spiro atoms. The van der Waals surface area contributed by atoms with E-state index in [-0.39, 0.29) is 28.7 Å². The minimum Gasteiger partial charge on any atom is -0.387 e. The lowest BCUT2D eigenvalue weighted by molar-refractivity contribution is -0.115. The van der Waals surface area contributed by atoms with Crippen LogP contribution < -0.4 is 10.2 Å². The van der Waals surface area contributed by atoms with Crippen molar-refractivity contribution in [3.63, 3.8) is 0 Å². The number of halogens is 1. The standard InChI is InChI=1S/C21H21ClN4O2S/c22-16-11-17-13(10-20(28)23-17)9-15(16)18(27)12-25-5-7-26(8-6-25)21-14-3-1-2-4-19(14)29-24-21/h1-4,9,11,18,27H,5-8,10,12H2,(H,23,28)/i5D2,6D2,7D2,8D2. The molecule has 29 heavy (non-hydrogen) atoms. The molecule has 3 heterocycles. The Balaban J connectivity index is 1.57. The van der Waals surface area contributed by atoms with Crippen LogP contribution in [0.25, 0.3) is 10.1 Å². The van der Waals surface area contributed by atoms with Crippen molar-refractivity contribution < 1.29 is 20.9 Å². The predicted octanol–water partition coefficient (Wildman–Crippen LogP) is 3.30. The number of fused-ring (bicyclic) bond motifs is 2. The molecule has 1 fully saturated rings. The van der Waals surface area contributed by atoms with Crippen LogP contribution in [0.5, 0.6) is 0 Å². The van der Waals surface area contributed by atoms with Crippen molar-refractivity contribution in [1.29, 1.82) is 0 Å². The first-order valence-electron chi connectivity index (χ1n) is 12.8. The molecule has 5 rings (SSSR count). The quantitative estimate of drug-likeness (QED) is 0.656. The number of benzene rings is 2. The Bertz CT molecular complexity index is 1390. The molecular weight excluding hydrogens is 408 g/mol. The van der Waals surface area contributed by atoms with E-state index in [1.807, 2.05) is 0 Å². The van der Waals surface area contributed by atoms with E-state index in [0.717, 1.165) is 11.5 Å². The molecule has 2 N–H and O–H groups in total. The van der Waals surface area contributed by atoms with Gasteiger partial charge < -0.3 is 15.3 Å². The average Bonchev–Trinajstić information content (AvgIpc) is 3.37. The Morgan fingerprint density at radius 1 is 1.28 bits per heavy atom. The molecule has 0 radical (unpaired) electrons. The minimum atomic E-state index is -3.14. The SMILES string of the molecule is [2H]C1([2H])N(CC(O)c2cc3c(cc2Cl)NC(=O)C3)C([2H])([2H])C([2H])([2H])N(c2nsc3ccccc23)C1([2H])[2H]. The number of β-amino-alcohol motifs (C(OH)–C–C–N with tert-alkyl or cyclic N) is 1.